The highest BCUT2D eigenvalue weighted by Crippen LogP contribution is 2.31. The lowest BCUT2D eigenvalue weighted by Gasteiger charge is -2.21. The fourth-order valence-corrected chi connectivity index (χ4v) is 3.81. The summed E-state index contributed by atoms with van der Waals surface area (Å²) in [7, 11) is 3.82. The van der Waals surface area contributed by atoms with Crippen LogP contribution in [-0.2, 0) is 0 Å². The summed E-state index contributed by atoms with van der Waals surface area (Å²) in [6, 6.07) is 11.6. The van der Waals surface area contributed by atoms with Gasteiger partial charge >= 0.3 is 0 Å². The molecule has 0 bridgehead atoms. The Morgan fingerprint density at radius 1 is 1.17 bits per heavy atom. The van der Waals surface area contributed by atoms with Crippen LogP contribution in [0.15, 0.2) is 42.6 Å². The lowest BCUT2D eigenvalue weighted by molar-refractivity contribution is 0.102. The van der Waals surface area contributed by atoms with Crippen LogP contribution >= 0.6 is 0 Å². The van der Waals surface area contributed by atoms with Gasteiger partial charge in [-0.25, -0.2) is 4.98 Å². The summed E-state index contributed by atoms with van der Waals surface area (Å²) < 4.78 is 5.76. The van der Waals surface area contributed by atoms with Crippen molar-refractivity contribution in [3.63, 3.8) is 0 Å². The fraction of sp³-hybridized carbons (Fsp3) is 0.348. The van der Waals surface area contributed by atoms with Crippen molar-refractivity contribution < 1.29 is 9.53 Å². The van der Waals surface area contributed by atoms with Gasteiger partial charge in [-0.3, -0.25) is 4.79 Å². The molecule has 0 saturated carbocycles. The molecule has 2 heterocycles. The first-order valence-corrected chi connectivity index (χ1v) is 10.3. The average molecular weight is 406 g/mol. The minimum absolute atomic E-state index is 0.240. The molecule has 7 heteroatoms. The first kappa shape index (κ1) is 19.9. The summed E-state index contributed by atoms with van der Waals surface area (Å²) in [5, 5.41) is 4.85. The number of ether oxygens (including phenoxy) is 1. The molecule has 4 rings (SSSR count). The van der Waals surface area contributed by atoms with Crippen LogP contribution in [0.5, 0.6) is 5.75 Å². The molecule has 2 aromatic carbocycles. The van der Waals surface area contributed by atoms with Crippen LogP contribution in [0.25, 0.3) is 10.8 Å². The summed E-state index contributed by atoms with van der Waals surface area (Å²) in [6.07, 6.45) is 4.00. The monoisotopic (exact) mass is 405 g/mol. The molecule has 1 saturated heterocycles. The molecule has 3 aromatic rings. The standard InChI is InChI=1S/C23H27N5O2/c1-4-30-19-12-11-16-9-5-6-10-17(16)20(19)22(29)25-18-15-24-23(26-21(18)27(2)3)28-13-7-8-14-28/h5-6,9-12,15H,4,7-8,13-14H2,1-3H3,(H,25,29). The van der Waals surface area contributed by atoms with E-state index in [1.54, 1.807) is 6.20 Å². The number of carbonyl (C=O) groups excluding carboxylic acids is 1. The third-order valence-corrected chi connectivity index (χ3v) is 5.23. The van der Waals surface area contributed by atoms with Gasteiger partial charge in [-0.15, -0.1) is 0 Å². The normalized spacial score (nSPS) is 13.5. The van der Waals surface area contributed by atoms with E-state index >= 15 is 0 Å². The van der Waals surface area contributed by atoms with Crippen molar-refractivity contribution >= 4 is 34.1 Å². The van der Waals surface area contributed by atoms with Gasteiger partial charge < -0.3 is 19.9 Å². The zero-order valence-corrected chi connectivity index (χ0v) is 17.7. The topological polar surface area (TPSA) is 70.6 Å². The lowest BCUT2D eigenvalue weighted by atomic mass is 10.0. The number of carbonyl (C=O) groups is 1. The third kappa shape index (κ3) is 3.87. The summed E-state index contributed by atoms with van der Waals surface area (Å²) in [5.41, 5.74) is 1.09. The number of nitrogens with zero attached hydrogens (tertiary/aromatic N) is 4. The molecular weight excluding hydrogens is 378 g/mol. The van der Waals surface area contributed by atoms with E-state index in [9.17, 15) is 4.79 Å². The Balaban J connectivity index is 1.71. The van der Waals surface area contributed by atoms with E-state index in [0.717, 1.165) is 36.7 Å². The Morgan fingerprint density at radius 2 is 1.93 bits per heavy atom. The molecular formula is C23H27N5O2. The second-order valence-electron chi connectivity index (χ2n) is 7.54. The Hall–Kier alpha value is -3.35. The molecule has 30 heavy (non-hydrogen) atoms. The van der Waals surface area contributed by atoms with E-state index in [4.69, 9.17) is 9.72 Å². The van der Waals surface area contributed by atoms with Crippen LogP contribution in [-0.4, -0.2) is 49.7 Å². The second kappa shape index (κ2) is 8.57. The van der Waals surface area contributed by atoms with Crippen molar-refractivity contribution in [2.75, 3.05) is 48.9 Å². The minimum Gasteiger partial charge on any atom is -0.493 e. The molecule has 1 aliphatic heterocycles. The van der Waals surface area contributed by atoms with Gasteiger partial charge in [-0.05, 0) is 36.6 Å². The van der Waals surface area contributed by atoms with Gasteiger partial charge in [-0.2, -0.15) is 4.98 Å². The van der Waals surface area contributed by atoms with Gasteiger partial charge in [0.15, 0.2) is 5.82 Å². The predicted octanol–water partition coefficient (Wildman–Crippen LogP) is 3.95. The summed E-state index contributed by atoms with van der Waals surface area (Å²) in [4.78, 5) is 26.7. The molecule has 0 spiro atoms. The molecule has 1 fully saturated rings. The van der Waals surface area contributed by atoms with Crippen LogP contribution in [0.3, 0.4) is 0 Å². The molecule has 1 aromatic heterocycles. The molecule has 0 radical (unpaired) electrons. The quantitative estimate of drug-likeness (QED) is 0.670. The van der Waals surface area contributed by atoms with Gasteiger partial charge in [0.25, 0.3) is 5.91 Å². The average Bonchev–Trinajstić information content (AvgIpc) is 3.28. The predicted molar refractivity (Wildman–Crippen MR) is 121 cm³/mol. The van der Waals surface area contributed by atoms with Crippen molar-refractivity contribution in [1.29, 1.82) is 0 Å². The number of benzene rings is 2. The maximum Gasteiger partial charge on any atom is 0.260 e. The maximum atomic E-state index is 13.4. The Morgan fingerprint density at radius 3 is 2.67 bits per heavy atom. The first-order chi connectivity index (χ1) is 14.6. The van der Waals surface area contributed by atoms with Crippen molar-refractivity contribution in [2.45, 2.75) is 19.8 Å². The smallest absolute Gasteiger partial charge is 0.260 e. The SMILES string of the molecule is CCOc1ccc2ccccc2c1C(=O)Nc1cnc(N2CCCC2)nc1N(C)C. The maximum absolute atomic E-state index is 13.4. The second-order valence-corrected chi connectivity index (χ2v) is 7.54. The van der Waals surface area contributed by atoms with E-state index in [-0.39, 0.29) is 5.91 Å². The summed E-state index contributed by atoms with van der Waals surface area (Å²) in [5.74, 6) is 1.71. The van der Waals surface area contributed by atoms with Gasteiger partial charge in [0.05, 0.1) is 18.4 Å². The number of aromatic nitrogens is 2. The van der Waals surface area contributed by atoms with Crippen LogP contribution in [0.1, 0.15) is 30.1 Å². The van der Waals surface area contributed by atoms with Crippen LogP contribution < -0.4 is 19.9 Å². The van der Waals surface area contributed by atoms with E-state index < -0.39 is 0 Å². The number of anilines is 3. The van der Waals surface area contributed by atoms with Crippen molar-refractivity contribution in [3.8, 4) is 5.75 Å². The minimum atomic E-state index is -0.240. The zero-order chi connectivity index (χ0) is 21.1. The molecule has 0 aliphatic carbocycles. The highest BCUT2D eigenvalue weighted by Gasteiger charge is 2.21. The van der Waals surface area contributed by atoms with Crippen molar-refractivity contribution in [2.24, 2.45) is 0 Å². The highest BCUT2D eigenvalue weighted by atomic mass is 16.5. The van der Waals surface area contributed by atoms with Gasteiger partial charge in [-0.1, -0.05) is 30.3 Å². The summed E-state index contributed by atoms with van der Waals surface area (Å²) >= 11 is 0. The third-order valence-electron chi connectivity index (χ3n) is 5.23. The molecule has 1 aliphatic rings. The number of hydrogen-bond acceptors (Lipinski definition) is 6. The molecule has 0 atom stereocenters. The largest absolute Gasteiger partial charge is 0.493 e. The summed E-state index contributed by atoms with van der Waals surface area (Å²) in [6.45, 7) is 4.32. The van der Waals surface area contributed by atoms with Gasteiger partial charge in [0, 0.05) is 27.2 Å². The number of fused-ring (bicyclic) bond motifs is 1. The van der Waals surface area contributed by atoms with Crippen molar-refractivity contribution in [1.82, 2.24) is 9.97 Å². The van der Waals surface area contributed by atoms with Gasteiger partial charge in [0.2, 0.25) is 5.95 Å². The van der Waals surface area contributed by atoms with Crippen molar-refractivity contribution in [3.05, 3.63) is 48.2 Å². The van der Waals surface area contributed by atoms with E-state index in [0.29, 0.717) is 35.4 Å². The molecule has 0 unspecified atom stereocenters. The van der Waals surface area contributed by atoms with Crippen LogP contribution in [0.2, 0.25) is 0 Å². The number of hydrogen-bond donors (Lipinski definition) is 1. The Kier molecular flexibility index (Phi) is 5.70. The van der Waals surface area contributed by atoms with E-state index in [1.807, 2.05) is 62.3 Å². The number of nitrogens with one attached hydrogen (secondary N) is 1. The van der Waals surface area contributed by atoms with E-state index in [1.165, 1.54) is 0 Å². The number of rotatable bonds is 6. The van der Waals surface area contributed by atoms with Crippen LogP contribution in [0.4, 0.5) is 17.5 Å². The molecule has 1 N–H and O–H groups in total. The zero-order valence-electron chi connectivity index (χ0n) is 17.7. The van der Waals surface area contributed by atoms with E-state index in [2.05, 4.69) is 15.2 Å². The molecule has 1 amide bonds. The molecule has 156 valence electrons. The first-order valence-electron chi connectivity index (χ1n) is 10.3. The fourth-order valence-electron chi connectivity index (χ4n) is 3.81. The lowest BCUT2D eigenvalue weighted by Crippen LogP contribution is -2.24. The Labute approximate surface area is 176 Å². The van der Waals surface area contributed by atoms with Crippen LogP contribution in [0, 0.1) is 0 Å². The highest BCUT2D eigenvalue weighted by molar-refractivity contribution is 6.15. The number of amides is 1. The molecule has 7 nitrogen and oxygen atoms in total. The Bertz CT molecular complexity index is 1060. The van der Waals surface area contributed by atoms with Gasteiger partial charge in [0.1, 0.15) is 11.4 Å².